The molecule has 0 bridgehead atoms. The van der Waals surface area contributed by atoms with Crippen LogP contribution in [0.4, 0.5) is 15.8 Å². The van der Waals surface area contributed by atoms with Crippen molar-refractivity contribution in [3.05, 3.63) is 71.1 Å². The molecule has 0 atom stereocenters. The standard InChI is InChI=1S/C23H25FN4O2/c1-15(2)13-22-26-21(27-30-22)14-28-12-4-5-18-19(6-3-7-20(18)28)25-23(29)16-8-10-17(24)11-9-16/h3,6-11,15H,4-5,12-14H2,1-2H3,(H,25,29). The van der Waals surface area contributed by atoms with Gasteiger partial charge in [-0.25, -0.2) is 4.39 Å². The van der Waals surface area contributed by atoms with Crippen LogP contribution in [0.15, 0.2) is 47.0 Å². The molecule has 156 valence electrons. The van der Waals surface area contributed by atoms with E-state index in [2.05, 4.69) is 40.3 Å². The Morgan fingerprint density at radius 1 is 1.23 bits per heavy atom. The van der Waals surface area contributed by atoms with Crippen molar-refractivity contribution in [2.75, 3.05) is 16.8 Å². The van der Waals surface area contributed by atoms with Gasteiger partial charge in [-0.15, -0.1) is 0 Å². The van der Waals surface area contributed by atoms with E-state index in [1.165, 1.54) is 24.3 Å². The maximum atomic E-state index is 13.1. The molecule has 2 aromatic carbocycles. The lowest BCUT2D eigenvalue weighted by molar-refractivity contribution is 0.102. The molecule has 1 aromatic heterocycles. The Labute approximate surface area is 175 Å². The lowest BCUT2D eigenvalue weighted by Gasteiger charge is -2.31. The number of benzene rings is 2. The van der Waals surface area contributed by atoms with Crippen LogP contribution in [-0.4, -0.2) is 22.6 Å². The van der Waals surface area contributed by atoms with Crippen LogP contribution in [-0.2, 0) is 19.4 Å². The molecule has 0 fully saturated rings. The molecule has 1 aliphatic rings. The molecular formula is C23H25FN4O2. The number of hydrogen-bond donors (Lipinski definition) is 1. The van der Waals surface area contributed by atoms with Gasteiger partial charge >= 0.3 is 0 Å². The van der Waals surface area contributed by atoms with Crippen LogP contribution in [0.2, 0.25) is 0 Å². The number of nitrogens with one attached hydrogen (secondary N) is 1. The SMILES string of the molecule is CC(C)Cc1nc(CN2CCCc3c(NC(=O)c4ccc(F)cc4)cccc32)no1. The smallest absolute Gasteiger partial charge is 0.255 e. The fraction of sp³-hybridized carbons (Fsp3) is 0.348. The molecule has 3 aromatic rings. The summed E-state index contributed by atoms with van der Waals surface area (Å²) in [7, 11) is 0. The molecule has 0 aliphatic carbocycles. The molecule has 7 heteroatoms. The average molecular weight is 408 g/mol. The minimum absolute atomic E-state index is 0.253. The molecule has 1 N–H and O–H groups in total. The van der Waals surface area contributed by atoms with Gasteiger partial charge in [-0.3, -0.25) is 4.79 Å². The van der Waals surface area contributed by atoms with Gasteiger partial charge in [-0.1, -0.05) is 25.1 Å². The Morgan fingerprint density at radius 2 is 2.03 bits per heavy atom. The second kappa shape index (κ2) is 8.65. The second-order valence-corrected chi connectivity index (χ2v) is 7.99. The summed E-state index contributed by atoms with van der Waals surface area (Å²) < 4.78 is 18.5. The molecule has 0 spiro atoms. The first-order chi connectivity index (χ1) is 14.5. The molecule has 0 saturated heterocycles. The number of nitrogens with zero attached hydrogens (tertiary/aromatic N) is 3. The number of aromatic nitrogens is 2. The first kappa shape index (κ1) is 20.1. The van der Waals surface area contributed by atoms with Crippen molar-refractivity contribution >= 4 is 17.3 Å². The molecule has 1 aliphatic heterocycles. The van der Waals surface area contributed by atoms with Gasteiger partial charge in [-0.2, -0.15) is 4.98 Å². The number of anilines is 2. The first-order valence-corrected chi connectivity index (χ1v) is 10.2. The predicted molar refractivity (Wildman–Crippen MR) is 113 cm³/mol. The minimum Gasteiger partial charge on any atom is -0.364 e. The van der Waals surface area contributed by atoms with Gasteiger partial charge < -0.3 is 14.7 Å². The van der Waals surface area contributed by atoms with Crippen molar-refractivity contribution in [3.8, 4) is 0 Å². The quantitative estimate of drug-likeness (QED) is 0.645. The zero-order valence-corrected chi connectivity index (χ0v) is 17.2. The third-order valence-corrected chi connectivity index (χ3v) is 5.13. The van der Waals surface area contributed by atoms with E-state index in [4.69, 9.17) is 4.52 Å². The van der Waals surface area contributed by atoms with Gasteiger partial charge in [0.15, 0.2) is 5.82 Å². The molecule has 1 amide bonds. The van der Waals surface area contributed by atoms with E-state index in [0.29, 0.717) is 29.7 Å². The Hall–Kier alpha value is -3.22. The Balaban J connectivity index is 1.52. The van der Waals surface area contributed by atoms with E-state index in [-0.39, 0.29) is 11.7 Å². The normalized spacial score (nSPS) is 13.4. The van der Waals surface area contributed by atoms with Crippen molar-refractivity contribution in [2.45, 2.75) is 39.7 Å². The summed E-state index contributed by atoms with van der Waals surface area (Å²) in [4.78, 5) is 19.3. The van der Waals surface area contributed by atoms with Gasteiger partial charge in [0.05, 0.1) is 6.54 Å². The zero-order chi connectivity index (χ0) is 21.1. The largest absolute Gasteiger partial charge is 0.364 e. The van der Waals surface area contributed by atoms with Crippen molar-refractivity contribution in [3.63, 3.8) is 0 Å². The zero-order valence-electron chi connectivity index (χ0n) is 17.2. The topological polar surface area (TPSA) is 71.3 Å². The number of fused-ring (bicyclic) bond motifs is 1. The highest BCUT2D eigenvalue weighted by atomic mass is 19.1. The van der Waals surface area contributed by atoms with Crippen LogP contribution in [0.1, 0.15) is 47.9 Å². The van der Waals surface area contributed by atoms with Crippen molar-refractivity contribution in [1.29, 1.82) is 0 Å². The van der Waals surface area contributed by atoms with E-state index in [9.17, 15) is 9.18 Å². The molecule has 30 heavy (non-hydrogen) atoms. The van der Waals surface area contributed by atoms with Gasteiger partial charge in [0, 0.05) is 29.9 Å². The number of carbonyl (C=O) groups is 1. The van der Waals surface area contributed by atoms with Crippen LogP contribution in [0.25, 0.3) is 0 Å². The molecule has 2 heterocycles. The molecule has 0 saturated carbocycles. The molecule has 4 rings (SSSR count). The van der Waals surface area contributed by atoms with Gasteiger partial charge in [0.2, 0.25) is 5.89 Å². The summed E-state index contributed by atoms with van der Waals surface area (Å²) in [5.41, 5.74) is 3.35. The van der Waals surface area contributed by atoms with Crippen LogP contribution < -0.4 is 10.2 Å². The highest BCUT2D eigenvalue weighted by molar-refractivity contribution is 6.05. The summed E-state index contributed by atoms with van der Waals surface area (Å²) in [5, 5.41) is 7.10. The van der Waals surface area contributed by atoms with Crippen LogP contribution in [0.5, 0.6) is 0 Å². The summed E-state index contributed by atoms with van der Waals surface area (Å²) in [5.74, 6) is 1.17. The molecular weight excluding hydrogens is 383 g/mol. The lowest BCUT2D eigenvalue weighted by Crippen LogP contribution is -2.30. The number of hydrogen-bond acceptors (Lipinski definition) is 5. The van der Waals surface area contributed by atoms with Crippen LogP contribution in [0, 0.1) is 11.7 Å². The van der Waals surface area contributed by atoms with E-state index in [1.54, 1.807) is 0 Å². The fourth-order valence-corrected chi connectivity index (χ4v) is 3.74. The summed E-state index contributed by atoms with van der Waals surface area (Å²) in [6.07, 6.45) is 2.60. The first-order valence-electron chi connectivity index (χ1n) is 10.2. The molecule has 0 unspecified atom stereocenters. The van der Waals surface area contributed by atoms with E-state index >= 15 is 0 Å². The summed E-state index contributed by atoms with van der Waals surface area (Å²) in [6, 6.07) is 11.4. The van der Waals surface area contributed by atoms with Crippen molar-refractivity contribution < 1.29 is 13.7 Å². The Kier molecular flexibility index (Phi) is 5.79. The van der Waals surface area contributed by atoms with Crippen molar-refractivity contribution in [1.82, 2.24) is 10.1 Å². The van der Waals surface area contributed by atoms with Gasteiger partial charge in [-0.05, 0) is 60.7 Å². The maximum absolute atomic E-state index is 13.1. The minimum atomic E-state index is -0.364. The fourth-order valence-electron chi connectivity index (χ4n) is 3.74. The molecule has 0 radical (unpaired) electrons. The highest BCUT2D eigenvalue weighted by Gasteiger charge is 2.22. The Bertz CT molecular complexity index is 1030. The Morgan fingerprint density at radius 3 is 2.80 bits per heavy atom. The van der Waals surface area contributed by atoms with Gasteiger partial charge in [0.25, 0.3) is 5.91 Å². The predicted octanol–water partition coefficient (Wildman–Crippen LogP) is 4.61. The second-order valence-electron chi connectivity index (χ2n) is 7.99. The highest BCUT2D eigenvalue weighted by Crippen LogP contribution is 2.33. The number of halogens is 1. The summed E-state index contributed by atoms with van der Waals surface area (Å²) >= 11 is 0. The third-order valence-electron chi connectivity index (χ3n) is 5.13. The van der Waals surface area contributed by atoms with E-state index < -0.39 is 0 Å². The number of rotatable bonds is 6. The monoisotopic (exact) mass is 408 g/mol. The maximum Gasteiger partial charge on any atom is 0.255 e. The van der Waals surface area contributed by atoms with Crippen LogP contribution >= 0.6 is 0 Å². The average Bonchev–Trinajstić information content (AvgIpc) is 3.15. The van der Waals surface area contributed by atoms with E-state index in [0.717, 1.165) is 42.7 Å². The number of carbonyl (C=O) groups excluding carboxylic acids is 1. The van der Waals surface area contributed by atoms with E-state index in [1.807, 2.05) is 12.1 Å². The molecule has 6 nitrogen and oxygen atoms in total. The van der Waals surface area contributed by atoms with Crippen molar-refractivity contribution in [2.24, 2.45) is 5.92 Å². The van der Waals surface area contributed by atoms with Gasteiger partial charge in [0.1, 0.15) is 5.82 Å². The lowest BCUT2D eigenvalue weighted by atomic mass is 9.99. The van der Waals surface area contributed by atoms with Crippen LogP contribution in [0.3, 0.4) is 0 Å². The third kappa shape index (κ3) is 4.50. The summed E-state index contributed by atoms with van der Waals surface area (Å²) in [6.45, 7) is 5.68. The number of amides is 1.